The largest absolute Gasteiger partial charge is 0.207 e. The molecule has 0 radical (unpaired) electrons. The van der Waals surface area contributed by atoms with E-state index >= 15 is 0 Å². The summed E-state index contributed by atoms with van der Waals surface area (Å²) in [4.78, 5) is 0. The van der Waals surface area contributed by atoms with E-state index < -0.39 is 0 Å². The zero-order valence-corrected chi connectivity index (χ0v) is 18.9. The van der Waals surface area contributed by atoms with E-state index in [9.17, 15) is 4.39 Å². The van der Waals surface area contributed by atoms with Crippen LogP contribution in [0, 0.1) is 5.82 Å². The average molecular weight is 521 g/mol. The fourth-order valence-electron chi connectivity index (χ4n) is 4.01. The second kappa shape index (κ2) is 8.52. The van der Waals surface area contributed by atoms with Gasteiger partial charge in [0, 0.05) is 19.9 Å². The van der Waals surface area contributed by atoms with Crippen molar-refractivity contribution in [2.24, 2.45) is 0 Å². The Morgan fingerprint density at radius 3 is 2.39 bits per heavy atom. The standard InChI is InChI=1S/C24H18Br2ClF/c25-22-7-3-1-5-19(22)15-11-16(20-6-2-4-8-24(20)27)13-17(12-15)21-14-18(28)9-10-23(21)26/h1-11,14,16-17H,12-13H2. The summed E-state index contributed by atoms with van der Waals surface area (Å²) in [6.45, 7) is 0. The number of rotatable bonds is 3. The second-order valence-corrected chi connectivity index (χ2v) is 9.22. The third-order valence-corrected chi connectivity index (χ3v) is 7.09. The Balaban J connectivity index is 1.82. The van der Waals surface area contributed by atoms with Crippen LogP contribution in [0.3, 0.4) is 0 Å². The van der Waals surface area contributed by atoms with Crippen LogP contribution in [0.1, 0.15) is 41.4 Å². The third-order valence-electron chi connectivity index (χ3n) is 5.33. The molecule has 0 nitrogen and oxygen atoms in total. The molecule has 2 unspecified atom stereocenters. The van der Waals surface area contributed by atoms with Gasteiger partial charge in [-0.25, -0.2) is 4.39 Å². The first-order chi connectivity index (χ1) is 13.5. The molecule has 0 spiro atoms. The van der Waals surface area contributed by atoms with Gasteiger partial charge in [0.15, 0.2) is 0 Å². The number of allylic oxidation sites excluding steroid dienone is 2. The van der Waals surface area contributed by atoms with Gasteiger partial charge in [0.05, 0.1) is 0 Å². The molecule has 0 N–H and O–H groups in total. The first-order valence-corrected chi connectivity index (χ1v) is 11.1. The summed E-state index contributed by atoms with van der Waals surface area (Å²) in [6.07, 6.45) is 4.07. The molecule has 4 heteroatoms. The Bertz CT molecular complexity index is 1040. The fraction of sp³-hybridized carbons (Fsp3) is 0.167. The van der Waals surface area contributed by atoms with Crippen LogP contribution < -0.4 is 0 Å². The molecule has 0 saturated carbocycles. The van der Waals surface area contributed by atoms with Crippen LogP contribution in [0.4, 0.5) is 4.39 Å². The van der Waals surface area contributed by atoms with E-state index in [4.69, 9.17) is 11.6 Å². The summed E-state index contributed by atoms with van der Waals surface area (Å²) in [7, 11) is 0. The molecule has 0 heterocycles. The van der Waals surface area contributed by atoms with E-state index in [-0.39, 0.29) is 17.7 Å². The Labute approximate surface area is 186 Å². The van der Waals surface area contributed by atoms with E-state index in [1.54, 1.807) is 12.1 Å². The molecular formula is C24H18Br2ClF. The Hall–Kier alpha value is -1.42. The smallest absolute Gasteiger partial charge is 0.123 e. The summed E-state index contributed by atoms with van der Waals surface area (Å²) in [5, 5.41) is 0.772. The Kier molecular flexibility index (Phi) is 6.05. The highest BCUT2D eigenvalue weighted by Gasteiger charge is 2.28. The normalized spacial score (nSPS) is 19.4. The van der Waals surface area contributed by atoms with Crippen molar-refractivity contribution in [3.63, 3.8) is 0 Å². The lowest BCUT2D eigenvalue weighted by atomic mass is 9.75. The van der Waals surface area contributed by atoms with Crippen LogP contribution in [-0.4, -0.2) is 0 Å². The molecular weight excluding hydrogens is 503 g/mol. The minimum Gasteiger partial charge on any atom is -0.207 e. The van der Waals surface area contributed by atoms with Gasteiger partial charge < -0.3 is 0 Å². The maximum absolute atomic E-state index is 14.0. The number of hydrogen-bond acceptors (Lipinski definition) is 0. The molecule has 3 aromatic carbocycles. The fourth-order valence-corrected chi connectivity index (χ4v) is 5.40. The van der Waals surface area contributed by atoms with Crippen LogP contribution in [0.2, 0.25) is 5.02 Å². The molecule has 0 saturated heterocycles. The summed E-state index contributed by atoms with van der Waals surface area (Å²) < 4.78 is 16.0. The van der Waals surface area contributed by atoms with Gasteiger partial charge in [-0.2, -0.15) is 0 Å². The quantitative estimate of drug-likeness (QED) is 0.324. The van der Waals surface area contributed by atoms with E-state index in [1.165, 1.54) is 17.2 Å². The summed E-state index contributed by atoms with van der Waals surface area (Å²) in [5.41, 5.74) is 4.56. The van der Waals surface area contributed by atoms with Crippen molar-refractivity contribution in [1.29, 1.82) is 0 Å². The van der Waals surface area contributed by atoms with E-state index in [0.717, 1.165) is 37.9 Å². The third kappa shape index (κ3) is 4.12. The Morgan fingerprint density at radius 1 is 0.857 bits per heavy atom. The molecule has 0 amide bonds. The molecule has 0 bridgehead atoms. The highest BCUT2D eigenvalue weighted by Crippen LogP contribution is 2.47. The lowest BCUT2D eigenvalue weighted by Crippen LogP contribution is -2.13. The van der Waals surface area contributed by atoms with Gasteiger partial charge in [0.2, 0.25) is 0 Å². The van der Waals surface area contributed by atoms with Gasteiger partial charge in [-0.05, 0) is 71.4 Å². The maximum Gasteiger partial charge on any atom is 0.123 e. The molecule has 1 aliphatic rings. The minimum absolute atomic E-state index is 0.171. The molecule has 0 aliphatic heterocycles. The van der Waals surface area contributed by atoms with Crippen molar-refractivity contribution in [3.8, 4) is 0 Å². The summed E-state index contributed by atoms with van der Waals surface area (Å²) in [5.74, 6) is 0.160. The van der Waals surface area contributed by atoms with E-state index in [2.05, 4.69) is 56.1 Å². The van der Waals surface area contributed by atoms with E-state index in [1.807, 2.05) is 30.3 Å². The summed E-state index contributed by atoms with van der Waals surface area (Å²) >= 11 is 13.8. The Morgan fingerprint density at radius 2 is 1.61 bits per heavy atom. The first-order valence-electron chi connectivity index (χ1n) is 9.18. The highest BCUT2D eigenvalue weighted by molar-refractivity contribution is 9.10. The lowest BCUT2D eigenvalue weighted by molar-refractivity contribution is 0.564. The van der Waals surface area contributed by atoms with Crippen molar-refractivity contribution in [3.05, 3.63) is 109 Å². The molecule has 1 aliphatic carbocycles. The molecule has 0 aromatic heterocycles. The van der Waals surface area contributed by atoms with E-state index in [0.29, 0.717) is 0 Å². The van der Waals surface area contributed by atoms with Crippen LogP contribution in [-0.2, 0) is 0 Å². The van der Waals surface area contributed by atoms with Crippen molar-refractivity contribution < 1.29 is 4.39 Å². The van der Waals surface area contributed by atoms with Gasteiger partial charge in [-0.1, -0.05) is 85.9 Å². The average Bonchev–Trinajstić information content (AvgIpc) is 2.70. The van der Waals surface area contributed by atoms with Gasteiger partial charge >= 0.3 is 0 Å². The molecule has 0 fully saturated rings. The zero-order valence-electron chi connectivity index (χ0n) is 15.0. The topological polar surface area (TPSA) is 0 Å². The number of halogens is 4. The lowest BCUT2D eigenvalue weighted by Gasteiger charge is -2.31. The monoisotopic (exact) mass is 518 g/mol. The van der Waals surface area contributed by atoms with Crippen LogP contribution >= 0.6 is 43.5 Å². The second-order valence-electron chi connectivity index (χ2n) is 7.10. The van der Waals surface area contributed by atoms with Crippen molar-refractivity contribution in [2.75, 3.05) is 0 Å². The predicted octanol–water partition coefficient (Wildman–Crippen LogP) is 8.75. The summed E-state index contributed by atoms with van der Waals surface area (Å²) in [6, 6.07) is 21.2. The van der Waals surface area contributed by atoms with Crippen molar-refractivity contribution in [1.82, 2.24) is 0 Å². The van der Waals surface area contributed by atoms with Gasteiger partial charge in [0.1, 0.15) is 5.82 Å². The van der Waals surface area contributed by atoms with Crippen LogP contribution in [0.15, 0.2) is 81.8 Å². The predicted molar refractivity (Wildman–Crippen MR) is 122 cm³/mol. The molecule has 3 aromatic rings. The first kappa shape index (κ1) is 19.9. The maximum atomic E-state index is 14.0. The van der Waals surface area contributed by atoms with Crippen LogP contribution in [0.25, 0.3) is 5.57 Å². The molecule has 28 heavy (non-hydrogen) atoms. The highest BCUT2D eigenvalue weighted by atomic mass is 79.9. The molecule has 142 valence electrons. The van der Waals surface area contributed by atoms with Gasteiger partial charge in [-0.3, -0.25) is 0 Å². The van der Waals surface area contributed by atoms with Gasteiger partial charge in [-0.15, -0.1) is 0 Å². The van der Waals surface area contributed by atoms with Gasteiger partial charge in [0.25, 0.3) is 0 Å². The minimum atomic E-state index is -0.204. The van der Waals surface area contributed by atoms with Crippen LogP contribution in [0.5, 0.6) is 0 Å². The van der Waals surface area contributed by atoms with Crippen molar-refractivity contribution >= 4 is 49.0 Å². The molecule has 2 atom stereocenters. The zero-order chi connectivity index (χ0) is 19.7. The number of benzene rings is 3. The number of hydrogen-bond donors (Lipinski definition) is 0. The molecule has 4 rings (SSSR count). The van der Waals surface area contributed by atoms with Crippen molar-refractivity contribution in [2.45, 2.75) is 24.7 Å². The SMILES string of the molecule is Fc1ccc(Br)c(C2CC(c3ccccc3Br)=CC(c3ccccc3Cl)C2)c1.